The number of rotatable bonds is 5. The SMILES string of the molecule is CCC(NC(=O)c1nn(C(C)C)c(=O)c2ccccc12)c1ccc(Br)cc1. The lowest BCUT2D eigenvalue weighted by molar-refractivity contribution is 0.0929. The Morgan fingerprint density at radius 2 is 1.74 bits per heavy atom. The predicted molar refractivity (Wildman–Crippen MR) is 111 cm³/mol. The lowest BCUT2D eigenvalue weighted by Crippen LogP contribution is -2.33. The van der Waals surface area contributed by atoms with Crippen molar-refractivity contribution in [2.75, 3.05) is 0 Å². The predicted octanol–water partition coefficient (Wildman–Crippen LogP) is 4.62. The summed E-state index contributed by atoms with van der Waals surface area (Å²) in [6.45, 7) is 5.77. The third-order valence-electron chi connectivity index (χ3n) is 4.52. The number of fused-ring (bicyclic) bond motifs is 1. The molecule has 1 amide bonds. The third-order valence-corrected chi connectivity index (χ3v) is 5.05. The highest BCUT2D eigenvalue weighted by molar-refractivity contribution is 9.10. The molecular formula is C21H22BrN3O2. The number of hydrogen-bond donors (Lipinski definition) is 1. The smallest absolute Gasteiger partial charge is 0.274 e. The molecule has 0 aliphatic rings. The average molecular weight is 428 g/mol. The fourth-order valence-corrected chi connectivity index (χ4v) is 3.33. The fraction of sp³-hybridized carbons (Fsp3) is 0.286. The van der Waals surface area contributed by atoms with Crippen LogP contribution in [0.25, 0.3) is 10.8 Å². The Kier molecular flexibility index (Phi) is 5.75. The summed E-state index contributed by atoms with van der Waals surface area (Å²) < 4.78 is 2.36. The maximum atomic E-state index is 13.1. The number of carbonyl (C=O) groups excluding carboxylic acids is 1. The molecule has 140 valence electrons. The molecule has 0 fully saturated rings. The number of benzene rings is 2. The van der Waals surface area contributed by atoms with E-state index in [2.05, 4.69) is 26.3 Å². The lowest BCUT2D eigenvalue weighted by Gasteiger charge is -2.19. The van der Waals surface area contributed by atoms with Crippen LogP contribution in [0.1, 0.15) is 55.3 Å². The van der Waals surface area contributed by atoms with Gasteiger partial charge in [0, 0.05) is 9.86 Å². The zero-order valence-electron chi connectivity index (χ0n) is 15.6. The van der Waals surface area contributed by atoms with Gasteiger partial charge < -0.3 is 5.32 Å². The van der Waals surface area contributed by atoms with Crippen molar-refractivity contribution in [3.63, 3.8) is 0 Å². The van der Waals surface area contributed by atoms with Crippen molar-refractivity contribution in [3.8, 4) is 0 Å². The molecule has 0 saturated heterocycles. The quantitative estimate of drug-likeness (QED) is 0.645. The monoisotopic (exact) mass is 427 g/mol. The maximum absolute atomic E-state index is 13.1. The zero-order chi connectivity index (χ0) is 19.6. The van der Waals surface area contributed by atoms with Crippen LogP contribution in [0.3, 0.4) is 0 Å². The molecule has 0 aliphatic carbocycles. The number of nitrogens with zero attached hydrogens (tertiary/aromatic N) is 2. The van der Waals surface area contributed by atoms with Crippen LogP contribution in [0.15, 0.2) is 57.8 Å². The number of carbonyl (C=O) groups is 1. The minimum absolute atomic E-state index is 0.134. The summed E-state index contributed by atoms with van der Waals surface area (Å²) >= 11 is 3.43. The highest BCUT2D eigenvalue weighted by atomic mass is 79.9. The summed E-state index contributed by atoms with van der Waals surface area (Å²) in [6, 6.07) is 14.7. The summed E-state index contributed by atoms with van der Waals surface area (Å²) in [4.78, 5) is 25.7. The van der Waals surface area contributed by atoms with E-state index in [-0.39, 0.29) is 29.2 Å². The maximum Gasteiger partial charge on any atom is 0.274 e. The first-order chi connectivity index (χ1) is 12.9. The summed E-state index contributed by atoms with van der Waals surface area (Å²) in [5, 5.41) is 8.52. The van der Waals surface area contributed by atoms with Gasteiger partial charge in [-0.25, -0.2) is 4.68 Å². The van der Waals surface area contributed by atoms with E-state index in [0.29, 0.717) is 10.8 Å². The van der Waals surface area contributed by atoms with Crippen LogP contribution in [0.5, 0.6) is 0 Å². The molecule has 1 unspecified atom stereocenters. The third kappa shape index (κ3) is 3.95. The molecule has 27 heavy (non-hydrogen) atoms. The van der Waals surface area contributed by atoms with Crippen LogP contribution in [0.2, 0.25) is 0 Å². The van der Waals surface area contributed by atoms with Gasteiger partial charge in [-0.05, 0) is 44.0 Å². The van der Waals surface area contributed by atoms with Crippen molar-refractivity contribution in [1.29, 1.82) is 0 Å². The Bertz CT molecular complexity index is 1030. The van der Waals surface area contributed by atoms with Crippen molar-refractivity contribution < 1.29 is 4.79 Å². The zero-order valence-corrected chi connectivity index (χ0v) is 17.2. The van der Waals surface area contributed by atoms with Gasteiger partial charge in [-0.1, -0.05) is 53.2 Å². The topological polar surface area (TPSA) is 64.0 Å². The summed E-state index contributed by atoms with van der Waals surface area (Å²) in [5.41, 5.74) is 1.11. The Morgan fingerprint density at radius 1 is 1.11 bits per heavy atom. The first kappa shape index (κ1) is 19.3. The number of amides is 1. The van der Waals surface area contributed by atoms with Crippen LogP contribution in [-0.2, 0) is 0 Å². The van der Waals surface area contributed by atoms with Gasteiger partial charge in [0.15, 0.2) is 5.69 Å². The Labute approximate surface area is 166 Å². The van der Waals surface area contributed by atoms with Crippen LogP contribution in [0, 0.1) is 0 Å². The minimum atomic E-state index is -0.282. The van der Waals surface area contributed by atoms with E-state index in [9.17, 15) is 9.59 Å². The van der Waals surface area contributed by atoms with Crippen molar-refractivity contribution in [2.45, 2.75) is 39.3 Å². The minimum Gasteiger partial charge on any atom is -0.344 e. The summed E-state index contributed by atoms with van der Waals surface area (Å²) in [5.74, 6) is -0.282. The second-order valence-corrected chi connectivity index (χ2v) is 7.64. The molecule has 3 aromatic rings. The normalized spacial score (nSPS) is 12.3. The van der Waals surface area contributed by atoms with Gasteiger partial charge in [0.25, 0.3) is 11.5 Å². The highest BCUT2D eigenvalue weighted by Gasteiger charge is 2.20. The van der Waals surface area contributed by atoms with Crippen LogP contribution in [-0.4, -0.2) is 15.7 Å². The van der Waals surface area contributed by atoms with Gasteiger partial charge in [-0.3, -0.25) is 9.59 Å². The molecule has 2 aromatic carbocycles. The molecule has 0 aliphatic heterocycles. The Hall–Kier alpha value is -2.47. The molecule has 0 radical (unpaired) electrons. The number of aromatic nitrogens is 2. The summed E-state index contributed by atoms with van der Waals surface area (Å²) in [6.07, 6.45) is 0.745. The van der Waals surface area contributed by atoms with E-state index in [1.807, 2.05) is 51.1 Å². The molecule has 6 heteroatoms. The van der Waals surface area contributed by atoms with Gasteiger partial charge in [0.2, 0.25) is 0 Å². The van der Waals surface area contributed by atoms with Gasteiger partial charge in [-0.15, -0.1) is 0 Å². The molecule has 1 atom stereocenters. The number of nitrogens with one attached hydrogen (secondary N) is 1. The number of halogens is 1. The molecule has 0 bridgehead atoms. The first-order valence-corrected chi connectivity index (χ1v) is 9.79. The standard InChI is InChI=1S/C21H22BrN3O2/c1-4-18(14-9-11-15(22)12-10-14)23-20(26)19-16-7-5-6-8-17(16)21(27)25(24-19)13(2)3/h5-13,18H,4H2,1-3H3,(H,23,26). The number of hydrogen-bond acceptors (Lipinski definition) is 3. The second-order valence-electron chi connectivity index (χ2n) is 6.72. The van der Waals surface area contributed by atoms with Crippen molar-refractivity contribution >= 4 is 32.6 Å². The Morgan fingerprint density at radius 3 is 2.33 bits per heavy atom. The summed E-state index contributed by atoms with van der Waals surface area (Å²) in [7, 11) is 0. The van der Waals surface area contributed by atoms with Gasteiger partial charge in [0.05, 0.1) is 17.5 Å². The molecular weight excluding hydrogens is 406 g/mol. The molecule has 5 nitrogen and oxygen atoms in total. The van der Waals surface area contributed by atoms with E-state index in [1.54, 1.807) is 18.2 Å². The van der Waals surface area contributed by atoms with E-state index >= 15 is 0 Å². The first-order valence-electron chi connectivity index (χ1n) is 9.00. The molecule has 3 rings (SSSR count). The van der Waals surface area contributed by atoms with Gasteiger partial charge >= 0.3 is 0 Å². The van der Waals surface area contributed by atoms with Crippen molar-refractivity contribution in [2.24, 2.45) is 0 Å². The van der Waals surface area contributed by atoms with E-state index < -0.39 is 0 Å². The molecule has 1 heterocycles. The van der Waals surface area contributed by atoms with E-state index in [1.165, 1.54) is 4.68 Å². The van der Waals surface area contributed by atoms with Crippen molar-refractivity contribution in [1.82, 2.24) is 15.1 Å². The molecule has 1 N–H and O–H groups in total. The fourth-order valence-electron chi connectivity index (χ4n) is 3.07. The van der Waals surface area contributed by atoms with Crippen LogP contribution in [0.4, 0.5) is 0 Å². The molecule has 1 aromatic heterocycles. The van der Waals surface area contributed by atoms with E-state index in [4.69, 9.17) is 0 Å². The van der Waals surface area contributed by atoms with Gasteiger partial charge in [0.1, 0.15) is 0 Å². The molecule has 0 saturated carbocycles. The Balaban J connectivity index is 2.03. The van der Waals surface area contributed by atoms with E-state index in [0.717, 1.165) is 16.5 Å². The second kappa shape index (κ2) is 8.05. The average Bonchev–Trinajstić information content (AvgIpc) is 2.67. The lowest BCUT2D eigenvalue weighted by atomic mass is 10.0. The van der Waals surface area contributed by atoms with Crippen molar-refractivity contribution in [3.05, 3.63) is 74.6 Å². The highest BCUT2D eigenvalue weighted by Crippen LogP contribution is 2.21. The van der Waals surface area contributed by atoms with Crippen LogP contribution < -0.4 is 10.9 Å². The van der Waals surface area contributed by atoms with Gasteiger partial charge in [-0.2, -0.15) is 5.10 Å². The largest absolute Gasteiger partial charge is 0.344 e. The molecule has 0 spiro atoms. The van der Waals surface area contributed by atoms with Crippen LogP contribution >= 0.6 is 15.9 Å².